The Labute approximate surface area is 117 Å². The van der Waals surface area contributed by atoms with Crippen LogP contribution in [-0.4, -0.2) is 29.6 Å². The number of aliphatic carboxylic acids is 1. The molecule has 0 bridgehead atoms. The lowest BCUT2D eigenvalue weighted by molar-refractivity contribution is -0.142. The van der Waals surface area contributed by atoms with E-state index in [0.29, 0.717) is 13.0 Å². The predicted octanol–water partition coefficient (Wildman–Crippen LogP) is 1.78. The van der Waals surface area contributed by atoms with Crippen LogP contribution in [0.3, 0.4) is 0 Å². The number of hydrogen-bond donors (Lipinski definition) is 2. The molecule has 1 aromatic carbocycles. The highest BCUT2D eigenvalue weighted by Crippen LogP contribution is 2.33. The van der Waals surface area contributed by atoms with E-state index in [4.69, 9.17) is 9.84 Å². The molecular formula is C15H19NO4. The van der Waals surface area contributed by atoms with Crippen molar-refractivity contribution in [2.24, 2.45) is 5.92 Å². The second-order valence-corrected chi connectivity index (χ2v) is 5.15. The standard InChI is InChI=1S/C15H19NO4/c1-9(15(18)19)10(2)16-14(17)12-7-8-20-13-6-4-3-5-11(12)13/h3-6,9-10,12H,7-8H2,1-2H3,(H,16,17)(H,18,19). The lowest BCUT2D eigenvalue weighted by Gasteiger charge is -2.27. The van der Waals surface area contributed by atoms with Crippen molar-refractivity contribution in [2.75, 3.05) is 6.61 Å². The SMILES string of the molecule is CC(NC(=O)C1CCOc2ccccc21)C(C)C(=O)O. The van der Waals surface area contributed by atoms with Gasteiger partial charge in [-0.1, -0.05) is 18.2 Å². The number of carbonyl (C=O) groups is 2. The molecule has 1 aromatic rings. The largest absolute Gasteiger partial charge is 0.493 e. The molecule has 20 heavy (non-hydrogen) atoms. The first-order valence-electron chi connectivity index (χ1n) is 6.75. The minimum atomic E-state index is -0.912. The summed E-state index contributed by atoms with van der Waals surface area (Å²) in [5.74, 6) is -1.21. The number of carboxylic acids is 1. The number of para-hydroxylation sites is 1. The van der Waals surface area contributed by atoms with Gasteiger partial charge in [-0.25, -0.2) is 0 Å². The molecule has 0 aromatic heterocycles. The summed E-state index contributed by atoms with van der Waals surface area (Å²) in [4.78, 5) is 23.3. The molecule has 0 aliphatic carbocycles. The summed E-state index contributed by atoms with van der Waals surface area (Å²) in [6, 6.07) is 7.06. The van der Waals surface area contributed by atoms with Crippen molar-refractivity contribution in [3.63, 3.8) is 0 Å². The minimum Gasteiger partial charge on any atom is -0.493 e. The second-order valence-electron chi connectivity index (χ2n) is 5.15. The van der Waals surface area contributed by atoms with Gasteiger partial charge in [0.25, 0.3) is 0 Å². The monoisotopic (exact) mass is 277 g/mol. The quantitative estimate of drug-likeness (QED) is 0.879. The fraction of sp³-hybridized carbons (Fsp3) is 0.467. The molecule has 108 valence electrons. The van der Waals surface area contributed by atoms with Crippen LogP contribution in [0.5, 0.6) is 5.75 Å². The van der Waals surface area contributed by atoms with E-state index in [1.807, 2.05) is 24.3 Å². The summed E-state index contributed by atoms with van der Waals surface area (Å²) >= 11 is 0. The Bertz CT molecular complexity index is 514. The molecular weight excluding hydrogens is 258 g/mol. The lowest BCUT2D eigenvalue weighted by atomic mass is 9.91. The van der Waals surface area contributed by atoms with Crippen molar-refractivity contribution in [3.05, 3.63) is 29.8 Å². The fourth-order valence-electron chi connectivity index (χ4n) is 2.28. The Hall–Kier alpha value is -2.04. The number of ether oxygens (including phenoxy) is 1. The van der Waals surface area contributed by atoms with E-state index in [-0.39, 0.29) is 11.8 Å². The third-order valence-electron chi connectivity index (χ3n) is 3.78. The highest BCUT2D eigenvalue weighted by Gasteiger charge is 2.30. The van der Waals surface area contributed by atoms with Gasteiger partial charge < -0.3 is 15.2 Å². The van der Waals surface area contributed by atoms with Gasteiger partial charge in [-0.05, 0) is 26.3 Å². The number of carbonyl (C=O) groups excluding carboxylic acids is 1. The summed E-state index contributed by atoms with van der Waals surface area (Å²) in [6.45, 7) is 3.80. The van der Waals surface area contributed by atoms with Crippen LogP contribution in [0.2, 0.25) is 0 Å². The Morgan fingerprint density at radius 1 is 1.35 bits per heavy atom. The summed E-state index contributed by atoms with van der Waals surface area (Å²) in [5.41, 5.74) is 0.867. The van der Waals surface area contributed by atoms with Crippen LogP contribution in [0.4, 0.5) is 0 Å². The van der Waals surface area contributed by atoms with Crippen molar-refractivity contribution in [1.82, 2.24) is 5.32 Å². The van der Waals surface area contributed by atoms with E-state index in [0.717, 1.165) is 11.3 Å². The molecule has 3 atom stereocenters. The van der Waals surface area contributed by atoms with Crippen molar-refractivity contribution in [3.8, 4) is 5.75 Å². The summed E-state index contributed by atoms with van der Waals surface area (Å²) in [6.07, 6.45) is 0.608. The van der Waals surface area contributed by atoms with Crippen LogP contribution < -0.4 is 10.1 Å². The molecule has 0 spiro atoms. The van der Waals surface area contributed by atoms with Crippen molar-refractivity contribution in [2.45, 2.75) is 32.2 Å². The summed E-state index contributed by atoms with van der Waals surface area (Å²) in [7, 11) is 0. The first-order chi connectivity index (χ1) is 9.50. The molecule has 1 amide bonds. The lowest BCUT2D eigenvalue weighted by Crippen LogP contribution is -2.43. The number of amides is 1. The average molecular weight is 277 g/mol. The zero-order valence-corrected chi connectivity index (χ0v) is 11.6. The molecule has 3 unspecified atom stereocenters. The number of hydrogen-bond acceptors (Lipinski definition) is 3. The molecule has 0 saturated carbocycles. The maximum absolute atomic E-state index is 12.3. The molecule has 1 aliphatic heterocycles. The topological polar surface area (TPSA) is 75.6 Å². The average Bonchev–Trinajstić information content (AvgIpc) is 2.45. The molecule has 0 fully saturated rings. The van der Waals surface area contributed by atoms with Crippen molar-refractivity contribution >= 4 is 11.9 Å². The van der Waals surface area contributed by atoms with Crippen LogP contribution in [0.15, 0.2) is 24.3 Å². The van der Waals surface area contributed by atoms with Gasteiger partial charge in [0.2, 0.25) is 5.91 Å². The fourth-order valence-corrected chi connectivity index (χ4v) is 2.28. The zero-order valence-electron chi connectivity index (χ0n) is 11.6. The van der Waals surface area contributed by atoms with Gasteiger partial charge in [0.05, 0.1) is 18.4 Å². The van der Waals surface area contributed by atoms with Crippen LogP contribution in [0.1, 0.15) is 31.7 Å². The number of fused-ring (bicyclic) bond motifs is 1. The van der Waals surface area contributed by atoms with Crippen LogP contribution in [0.25, 0.3) is 0 Å². The third kappa shape index (κ3) is 2.92. The summed E-state index contributed by atoms with van der Waals surface area (Å²) in [5, 5.41) is 11.8. The van der Waals surface area contributed by atoms with Crippen molar-refractivity contribution in [1.29, 1.82) is 0 Å². The highest BCUT2D eigenvalue weighted by atomic mass is 16.5. The summed E-state index contributed by atoms with van der Waals surface area (Å²) < 4.78 is 5.52. The van der Waals surface area contributed by atoms with E-state index in [2.05, 4.69) is 5.32 Å². The molecule has 5 nitrogen and oxygen atoms in total. The Morgan fingerprint density at radius 3 is 2.75 bits per heavy atom. The van der Waals surface area contributed by atoms with Gasteiger partial charge in [0.15, 0.2) is 0 Å². The van der Waals surface area contributed by atoms with Crippen LogP contribution in [-0.2, 0) is 9.59 Å². The maximum atomic E-state index is 12.3. The molecule has 0 saturated heterocycles. The van der Waals surface area contributed by atoms with Gasteiger partial charge in [0.1, 0.15) is 5.75 Å². The molecule has 1 heterocycles. The minimum absolute atomic E-state index is 0.138. The first-order valence-corrected chi connectivity index (χ1v) is 6.75. The molecule has 5 heteroatoms. The normalized spacial score (nSPS) is 20.2. The molecule has 2 rings (SSSR count). The molecule has 2 N–H and O–H groups in total. The van der Waals surface area contributed by atoms with Gasteiger partial charge in [-0.15, -0.1) is 0 Å². The number of rotatable bonds is 4. The smallest absolute Gasteiger partial charge is 0.308 e. The van der Waals surface area contributed by atoms with E-state index < -0.39 is 17.9 Å². The molecule has 1 aliphatic rings. The highest BCUT2D eigenvalue weighted by molar-refractivity contribution is 5.85. The maximum Gasteiger partial charge on any atom is 0.308 e. The van der Waals surface area contributed by atoms with Gasteiger partial charge in [-0.3, -0.25) is 9.59 Å². The third-order valence-corrected chi connectivity index (χ3v) is 3.78. The number of carboxylic acid groups (broad SMARTS) is 1. The van der Waals surface area contributed by atoms with Gasteiger partial charge >= 0.3 is 5.97 Å². The van der Waals surface area contributed by atoms with E-state index in [9.17, 15) is 9.59 Å². The molecule has 0 radical (unpaired) electrons. The number of nitrogens with one attached hydrogen (secondary N) is 1. The Kier molecular flexibility index (Phi) is 4.27. The van der Waals surface area contributed by atoms with Crippen LogP contribution >= 0.6 is 0 Å². The van der Waals surface area contributed by atoms with E-state index in [1.165, 1.54) is 0 Å². The van der Waals surface area contributed by atoms with Gasteiger partial charge in [0, 0.05) is 11.6 Å². The number of benzene rings is 1. The Balaban J connectivity index is 2.09. The first kappa shape index (κ1) is 14.4. The van der Waals surface area contributed by atoms with Gasteiger partial charge in [-0.2, -0.15) is 0 Å². The van der Waals surface area contributed by atoms with E-state index in [1.54, 1.807) is 13.8 Å². The van der Waals surface area contributed by atoms with Crippen molar-refractivity contribution < 1.29 is 19.4 Å². The zero-order chi connectivity index (χ0) is 14.7. The van der Waals surface area contributed by atoms with E-state index >= 15 is 0 Å². The van der Waals surface area contributed by atoms with Crippen LogP contribution in [0, 0.1) is 5.92 Å². The second kappa shape index (κ2) is 5.94. The predicted molar refractivity (Wildman–Crippen MR) is 73.7 cm³/mol. The Morgan fingerprint density at radius 2 is 2.05 bits per heavy atom.